The van der Waals surface area contributed by atoms with Gasteiger partial charge in [0.25, 0.3) is 0 Å². The molecule has 0 aliphatic heterocycles. The monoisotopic (exact) mass is 225 g/mol. The van der Waals surface area contributed by atoms with E-state index in [0.29, 0.717) is 24.6 Å². The van der Waals surface area contributed by atoms with Gasteiger partial charge in [-0.1, -0.05) is 20.3 Å². The lowest BCUT2D eigenvalue weighted by Gasteiger charge is -2.36. The standard InChI is InChI=1S/C14H27NO/c1-10-6-7-13(11(2)8-10)15-14-5-3-4-12(14)9-16/h10-16H,3-9H2,1-2H3. The molecule has 2 heteroatoms. The van der Waals surface area contributed by atoms with Crippen LogP contribution in [0.3, 0.4) is 0 Å². The summed E-state index contributed by atoms with van der Waals surface area (Å²) in [7, 11) is 0. The molecule has 0 amide bonds. The molecule has 2 aliphatic rings. The maximum atomic E-state index is 9.33. The summed E-state index contributed by atoms with van der Waals surface area (Å²) in [5.41, 5.74) is 0. The lowest BCUT2D eigenvalue weighted by molar-refractivity contribution is 0.167. The van der Waals surface area contributed by atoms with Gasteiger partial charge < -0.3 is 10.4 Å². The molecule has 0 aromatic heterocycles. The summed E-state index contributed by atoms with van der Waals surface area (Å²) in [6, 6.07) is 1.29. The lowest BCUT2D eigenvalue weighted by atomic mass is 9.79. The molecule has 2 saturated carbocycles. The number of hydrogen-bond acceptors (Lipinski definition) is 2. The van der Waals surface area contributed by atoms with E-state index in [1.165, 1.54) is 38.5 Å². The third-order valence-corrected chi connectivity index (χ3v) is 4.75. The van der Waals surface area contributed by atoms with Crippen molar-refractivity contribution in [1.29, 1.82) is 0 Å². The average molecular weight is 225 g/mol. The van der Waals surface area contributed by atoms with E-state index in [-0.39, 0.29) is 0 Å². The molecule has 16 heavy (non-hydrogen) atoms. The molecule has 2 fully saturated rings. The largest absolute Gasteiger partial charge is 0.396 e. The van der Waals surface area contributed by atoms with Gasteiger partial charge in [0.05, 0.1) is 0 Å². The summed E-state index contributed by atoms with van der Waals surface area (Å²) in [5, 5.41) is 13.2. The molecule has 5 unspecified atom stereocenters. The minimum absolute atomic E-state index is 0.370. The zero-order chi connectivity index (χ0) is 11.5. The summed E-state index contributed by atoms with van der Waals surface area (Å²) in [5.74, 6) is 2.24. The number of hydrogen-bond donors (Lipinski definition) is 2. The van der Waals surface area contributed by atoms with E-state index >= 15 is 0 Å². The van der Waals surface area contributed by atoms with Gasteiger partial charge in [-0.2, -0.15) is 0 Å². The molecule has 0 saturated heterocycles. The van der Waals surface area contributed by atoms with Crippen LogP contribution >= 0.6 is 0 Å². The summed E-state index contributed by atoms with van der Waals surface area (Å²) in [6.45, 7) is 5.13. The van der Waals surface area contributed by atoms with E-state index in [9.17, 15) is 5.11 Å². The van der Waals surface area contributed by atoms with Crippen LogP contribution in [0.4, 0.5) is 0 Å². The van der Waals surface area contributed by atoms with Gasteiger partial charge >= 0.3 is 0 Å². The van der Waals surface area contributed by atoms with Crippen molar-refractivity contribution >= 4 is 0 Å². The lowest BCUT2D eigenvalue weighted by Crippen LogP contribution is -2.46. The molecular formula is C14H27NO. The van der Waals surface area contributed by atoms with Gasteiger partial charge in [-0.25, -0.2) is 0 Å². The van der Waals surface area contributed by atoms with Crippen LogP contribution < -0.4 is 5.32 Å². The van der Waals surface area contributed by atoms with E-state index in [0.717, 1.165) is 11.8 Å². The minimum Gasteiger partial charge on any atom is -0.396 e. The zero-order valence-corrected chi connectivity index (χ0v) is 10.8. The number of nitrogens with one attached hydrogen (secondary N) is 1. The minimum atomic E-state index is 0.370. The molecule has 0 radical (unpaired) electrons. The first-order chi connectivity index (χ1) is 7.70. The second-order valence-electron chi connectivity index (χ2n) is 6.15. The van der Waals surface area contributed by atoms with Gasteiger partial charge in [0, 0.05) is 18.7 Å². The summed E-state index contributed by atoms with van der Waals surface area (Å²) >= 11 is 0. The van der Waals surface area contributed by atoms with Crippen molar-refractivity contribution in [2.24, 2.45) is 17.8 Å². The number of aliphatic hydroxyl groups is 1. The maximum absolute atomic E-state index is 9.33. The molecular weight excluding hydrogens is 198 g/mol. The smallest absolute Gasteiger partial charge is 0.0474 e. The molecule has 0 heterocycles. The number of aliphatic hydroxyl groups excluding tert-OH is 1. The fourth-order valence-corrected chi connectivity index (χ4v) is 3.66. The number of rotatable bonds is 3. The van der Waals surface area contributed by atoms with Crippen LogP contribution in [-0.4, -0.2) is 23.8 Å². The molecule has 94 valence electrons. The van der Waals surface area contributed by atoms with Gasteiger partial charge in [-0.15, -0.1) is 0 Å². The first-order valence-electron chi connectivity index (χ1n) is 7.07. The normalized spacial score (nSPS) is 44.8. The highest BCUT2D eigenvalue weighted by atomic mass is 16.3. The maximum Gasteiger partial charge on any atom is 0.0474 e. The Labute approximate surface area is 99.8 Å². The van der Waals surface area contributed by atoms with Crippen molar-refractivity contribution in [3.63, 3.8) is 0 Å². The average Bonchev–Trinajstić information content (AvgIpc) is 2.69. The molecule has 2 rings (SSSR count). The van der Waals surface area contributed by atoms with Crippen molar-refractivity contribution in [1.82, 2.24) is 5.32 Å². The molecule has 0 spiro atoms. The van der Waals surface area contributed by atoms with Crippen LogP contribution in [-0.2, 0) is 0 Å². The Balaban J connectivity index is 1.84. The van der Waals surface area contributed by atoms with Gasteiger partial charge in [0.15, 0.2) is 0 Å². The molecule has 0 aromatic carbocycles. The van der Waals surface area contributed by atoms with E-state index in [4.69, 9.17) is 0 Å². The van der Waals surface area contributed by atoms with Crippen LogP contribution in [0.1, 0.15) is 52.4 Å². The Morgan fingerprint density at radius 2 is 1.88 bits per heavy atom. The van der Waals surface area contributed by atoms with Gasteiger partial charge in [-0.3, -0.25) is 0 Å². The second-order valence-corrected chi connectivity index (χ2v) is 6.15. The Hall–Kier alpha value is -0.0800. The first-order valence-corrected chi connectivity index (χ1v) is 7.07. The molecule has 5 atom stereocenters. The predicted octanol–water partition coefficient (Wildman–Crippen LogP) is 2.56. The van der Waals surface area contributed by atoms with E-state index in [1.54, 1.807) is 0 Å². The third-order valence-electron chi connectivity index (χ3n) is 4.75. The molecule has 0 bridgehead atoms. The van der Waals surface area contributed by atoms with Crippen molar-refractivity contribution in [3.8, 4) is 0 Å². The molecule has 0 aromatic rings. The Morgan fingerprint density at radius 1 is 1.06 bits per heavy atom. The second kappa shape index (κ2) is 5.50. The van der Waals surface area contributed by atoms with Crippen LogP contribution in [0.15, 0.2) is 0 Å². The SMILES string of the molecule is CC1CCC(NC2CCCC2CO)C(C)C1. The van der Waals surface area contributed by atoms with E-state index in [1.807, 2.05) is 0 Å². The highest BCUT2D eigenvalue weighted by Gasteiger charge is 2.32. The van der Waals surface area contributed by atoms with Crippen LogP contribution in [0.2, 0.25) is 0 Å². The van der Waals surface area contributed by atoms with Crippen LogP contribution in [0.5, 0.6) is 0 Å². The van der Waals surface area contributed by atoms with Crippen LogP contribution in [0.25, 0.3) is 0 Å². The van der Waals surface area contributed by atoms with Crippen molar-refractivity contribution in [3.05, 3.63) is 0 Å². The van der Waals surface area contributed by atoms with E-state index < -0.39 is 0 Å². The third kappa shape index (κ3) is 2.78. The van der Waals surface area contributed by atoms with E-state index in [2.05, 4.69) is 19.2 Å². The Kier molecular flexibility index (Phi) is 4.26. The summed E-state index contributed by atoms with van der Waals surface area (Å²) in [4.78, 5) is 0. The highest BCUT2D eigenvalue weighted by Crippen LogP contribution is 2.32. The van der Waals surface area contributed by atoms with Gasteiger partial charge in [0.1, 0.15) is 0 Å². The van der Waals surface area contributed by atoms with Crippen molar-refractivity contribution in [2.75, 3.05) is 6.61 Å². The Bertz CT molecular complexity index is 219. The molecule has 2 aliphatic carbocycles. The molecule has 2 N–H and O–H groups in total. The fraction of sp³-hybridized carbons (Fsp3) is 1.00. The van der Waals surface area contributed by atoms with Gasteiger partial charge in [0.2, 0.25) is 0 Å². The molecule has 2 nitrogen and oxygen atoms in total. The highest BCUT2D eigenvalue weighted by molar-refractivity contribution is 4.89. The topological polar surface area (TPSA) is 32.3 Å². The summed E-state index contributed by atoms with van der Waals surface area (Å²) < 4.78 is 0. The van der Waals surface area contributed by atoms with Crippen molar-refractivity contribution in [2.45, 2.75) is 64.5 Å². The van der Waals surface area contributed by atoms with Crippen molar-refractivity contribution < 1.29 is 5.11 Å². The van der Waals surface area contributed by atoms with Gasteiger partial charge in [-0.05, 0) is 49.9 Å². The Morgan fingerprint density at radius 3 is 2.56 bits per heavy atom. The quantitative estimate of drug-likeness (QED) is 0.773. The van der Waals surface area contributed by atoms with Crippen LogP contribution in [0, 0.1) is 17.8 Å². The predicted molar refractivity (Wildman–Crippen MR) is 67.3 cm³/mol. The zero-order valence-electron chi connectivity index (χ0n) is 10.8. The fourth-order valence-electron chi connectivity index (χ4n) is 3.66. The summed E-state index contributed by atoms with van der Waals surface area (Å²) in [6.07, 6.45) is 7.85. The first kappa shape index (κ1) is 12.4.